The largest absolute Gasteiger partial charge is 0.481 e. The van der Waals surface area contributed by atoms with Gasteiger partial charge in [0, 0.05) is 10.8 Å². The Morgan fingerprint density at radius 2 is 1.75 bits per heavy atom. The first-order valence-electron chi connectivity index (χ1n) is 6.69. The molecule has 0 bridgehead atoms. The topological polar surface area (TPSA) is 54.4 Å². The molecule has 0 heterocycles. The Balaban J connectivity index is 1.77. The van der Waals surface area contributed by atoms with Crippen molar-refractivity contribution in [2.45, 2.75) is 30.9 Å². The third kappa shape index (κ3) is 4.07. The molecular formula is C15H17FO3S. The highest BCUT2D eigenvalue weighted by Crippen LogP contribution is 2.32. The van der Waals surface area contributed by atoms with Gasteiger partial charge in [-0.15, -0.1) is 0 Å². The van der Waals surface area contributed by atoms with E-state index in [-0.39, 0.29) is 17.5 Å². The second-order valence-corrected chi connectivity index (χ2v) is 6.34. The highest BCUT2D eigenvalue weighted by Gasteiger charge is 2.26. The van der Waals surface area contributed by atoms with Crippen molar-refractivity contribution in [3.05, 3.63) is 35.6 Å². The van der Waals surface area contributed by atoms with Crippen LogP contribution < -0.4 is 0 Å². The molecule has 0 unspecified atom stereocenters. The van der Waals surface area contributed by atoms with E-state index in [1.54, 1.807) is 11.8 Å². The predicted molar refractivity (Wildman–Crippen MR) is 76.6 cm³/mol. The van der Waals surface area contributed by atoms with Crippen LogP contribution in [0.15, 0.2) is 24.3 Å². The summed E-state index contributed by atoms with van der Waals surface area (Å²) in [7, 11) is 0. The van der Waals surface area contributed by atoms with Crippen molar-refractivity contribution in [2.75, 3.05) is 5.75 Å². The maximum Gasteiger partial charge on any atom is 0.306 e. The summed E-state index contributed by atoms with van der Waals surface area (Å²) in [6, 6.07) is 5.57. The molecule has 1 aromatic carbocycles. The number of benzene rings is 1. The molecule has 20 heavy (non-hydrogen) atoms. The number of halogens is 1. The molecule has 0 saturated heterocycles. The van der Waals surface area contributed by atoms with E-state index in [1.165, 1.54) is 24.3 Å². The molecule has 0 spiro atoms. The van der Waals surface area contributed by atoms with Crippen LogP contribution in [0.1, 0.15) is 36.0 Å². The maximum atomic E-state index is 12.8. The van der Waals surface area contributed by atoms with Gasteiger partial charge in [0.1, 0.15) is 5.82 Å². The first-order chi connectivity index (χ1) is 9.56. The standard InChI is InChI=1S/C15H17FO3S/c16-12-5-1-10(2-6-12)14(17)9-20-13-7-3-11(4-8-13)15(18)19/h1-2,5-6,11,13H,3-4,7-9H2,(H,18,19). The number of ketones is 1. The monoisotopic (exact) mass is 296 g/mol. The van der Waals surface area contributed by atoms with E-state index in [0.717, 1.165) is 12.8 Å². The third-order valence-corrected chi connectivity index (χ3v) is 5.01. The minimum Gasteiger partial charge on any atom is -0.481 e. The van der Waals surface area contributed by atoms with Crippen LogP contribution in [0, 0.1) is 11.7 Å². The van der Waals surface area contributed by atoms with Crippen LogP contribution in [0.5, 0.6) is 0 Å². The Labute approximate surface area is 121 Å². The smallest absolute Gasteiger partial charge is 0.306 e. The van der Waals surface area contributed by atoms with Crippen molar-refractivity contribution in [2.24, 2.45) is 5.92 Å². The van der Waals surface area contributed by atoms with Gasteiger partial charge in [-0.3, -0.25) is 9.59 Å². The number of Topliss-reactive ketones (excluding diaryl/α,β-unsaturated/α-hetero) is 1. The van der Waals surface area contributed by atoms with Gasteiger partial charge in [0.15, 0.2) is 5.78 Å². The van der Waals surface area contributed by atoms with Crippen LogP contribution in [-0.4, -0.2) is 27.9 Å². The molecular weight excluding hydrogens is 279 g/mol. The number of thioether (sulfide) groups is 1. The molecule has 1 saturated carbocycles. The Hall–Kier alpha value is -1.36. The van der Waals surface area contributed by atoms with Crippen LogP contribution in [0.25, 0.3) is 0 Å². The molecule has 0 aliphatic heterocycles. The number of carbonyl (C=O) groups is 2. The molecule has 1 aliphatic carbocycles. The second kappa shape index (κ2) is 6.88. The third-order valence-electron chi connectivity index (χ3n) is 3.64. The van der Waals surface area contributed by atoms with Gasteiger partial charge in [0.2, 0.25) is 0 Å². The minimum atomic E-state index is -0.712. The molecule has 1 aliphatic rings. The van der Waals surface area contributed by atoms with Crippen LogP contribution in [0.4, 0.5) is 4.39 Å². The summed E-state index contributed by atoms with van der Waals surface area (Å²) < 4.78 is 12.8. The fraction of sp³-hybridized carbons (Fsp3) is 0.467. The summed E-state index contributed by atoms with van der Waals surface area (Å²) in [5, 5.41) is 9.28. The summed E-state index contributed by atoms with van der Waals surface area (Å²) in [5.74, 6) is -0.916. The van der Waals surface area contributed by atoms with Crippen LogP contribution >= 0.6 is 11.8 Å². The molecule has 1 N–H and O–H groups in total. The van der Waals surface area contributed by atoms with Crippen molar-refractivity contribution < 1.29 is 19.1 Å². The normalized spacial score (nSPS) is 22.4. The lowest BCUT2D eigenvalue weighted by molar-refractivity contribution is -0.142. The summed E-state index contributed by atoms with van der Waals surface area (Å²) in [5.41, 5.74) is 0.526. The minimum absolute atomic E-state index is 0.00430. The van der Waals surface area contributed by atoms with Crippen LogP contribution in [0.2, 0.25) is 0 Å². The highest BCUT2D eigenvalue weighted by atomic mass is 32.2. The summed E-state index contributed by atoms with van der Waals surface area (Å²) in [4.78, 5) is 22.8. The molecule has 0 aromatic heterocycles. The van der Waals surface area contributed by atoms with Crippen molar-refractivity contribution in [1.82, 2.24) is 0 Å². The fourth-order valence-electron chi connectivity index (χ4n) is 2.39. The zero-order chi connectivity index (χ0) is 14.5. The first kappa shape index (κ1) is 15.0. The Bertz CT molecular complexity index is 478. The van der Waals surface area contributed by atoms with E-state index in [2.05, 4.69) is 0 Å². The zero-order valence-corrected chi connectivity index (χ0v) is 11.9. The molecule has 108 valence electrons. The zero-order valence-electron chi connectivity index (χ0n) is 11.0. The Kier molecular flexibility index (Phi) is 5.17. The van der Waals surface area contributed by atoms with E-state index >= 15 is 0 Å². The number of carboxylic acids is 1. The van der Waals surface area contributed by atoms with Gasteiger partial charge in [-0.2, -0.15) is 11.8 Å². The Morgan fingerprint density at radius 1 is 1.15 bits per heavy atom. The van der Waals surface area contributed by atoms with E-state index in [4.69, 9.17) is 5.11 Å². The molecule has 3 nitrogen and oxygen atoms in total. The molecule has 0 atom stereocenters. The molecule has 5 heteroatoms. The van der Waals surface area contributed by atoms with Crippen molar-refractivity contribution >= 4 is 23.5 Å². The lowest BCUT2D eigenvalue weighted by atomic mass is 9.89. The van der Waals surface area contributed by atoms with E-state index in [1.807, 2.05) is 0 Å². The van der Waals surface area contributed by atoms with Gasteiger partial charge in [0.25, 0.3) is 0 Å². The molecule has 2 rings (SSSR count). The number of carbonyl (C=O) groups excluding carboxylic acids is 1. The predicted octanol–water partition coefficient (Wildman–Crippen LogP) is 3.39. The highest BCUT2D eigenvalue weighted by molar-refractivity contribution is 8.00. The lowest BCUT2D eigenvalue weighted by Crippen LogP contribution is -2.23. The average Bonchev–Trinajstić information content (AvgIpc) is 2.46. The number of aliphatic carboxylic acids is 1. The number of carboxylic acid groups (broad SMARTS) is 1. The van der Waals surface area contributed by atoms with E-state index < -0.39 is 5.97 Å². The summed E-state index contributed by atoms with van der Waals surface area (Å²) in [6.07, 6.45) is 3.08. The second-order valence-electron chi connectivity index (χ2n) is 5.05. The molecule has 1 fully saturated rings. The molecule has 0 amide bonds. The van der Waals surface area contributed by atoms with Gasteiger partial charge in [0.05, 0.1) is 11.7 Å². The van der Waals surface area contributed by atoms with E-state index in [0.29, 0.717) is 29.4 Å². The SMILES string of the molecule is O=C(CSC1CCC(C(=O)O)CC1)c1ccc(F)cc1. The van der Waals surface area contributed by atoms with E-state index in [9.17, 15) is 14.0 Å². The van der Waals surface area contributed by atoms with Crippen molar-refractivity contribution in [3.8, 4) is 0 Å². The van der Waals surface area contributed by atoms with Gasteiger partial charge in [-0.05, 0) is 49.9 Å². The van der Waals surface area contributed by atoms with Gasteiger partial charge < -0.3 is 5.11 Å². The van der Waals surface area contributed by atoms with Crippen molar-refractivity contribution in [3.63, 3.8) is 0 Å². The average molecular weight is 296 g/mol. The molecule has 1 aromatic rings. The number of rotatable bonds is 5. The van der Waals surface area contributed by atoms with Gasteiger partial charge in [-0.1, -0.05) is 0 Å². The Morgan fingerprint density at radius 3 is 2.30 bits per heavy atom. The van der Waals surface area contributed by atoms with Gasteiger partial charge in [-0.25, -0.2) is 4.39 Å². The van der Waals surface area contributed by atoms with Crippen LogP contribution in [0.3, 0.4) is 0 Å². The van der Waals surface area contributed by atoms with Crippen molar-refractivity contribution in [1.29, 1.82) is 0 Å². The summed E-state index contributed by atoms with van der Waals surface area (Å²) in [6.45, 7) is 0. The fourth-order valence-corrected chi connectivity index (χ4v) is 3.55. The lowest BCUT2D eigenvalue weighted by Gasteiger charge is -2.25. The van der Waals surface area contributed by atoms with Gasteiger partial charge >= 0.3 is 5.97 Å². The molecule has 0 radical (unpaired) electrons. The number of hydrogen-bond donors (Lipinski definition) is 1. The quantitative estimate of drug-likeness (QED) is 0.846. The summed E-state index contributed by atoms with van der Waals surface area (Å²) >= 11 is 1.58. The van der Waals surface area contributed by atoms with Crippen LogP contribution in [-0.2, 0) is 4.79 Å². The number of hydrogen-bond acceptors (Lipinski definition) is 3. The maximum absolute atomic E-state index is 12.8. The first-order valence-corrected chi connectivity index (χ1v) is 7.74.